The highest BCUT2D eigenvalue weighted by Crippen LogP contribution is 2.28. The fourth-order valence-electron chi connectivity index (χ4n) is 3.09. The Morgan fingerprint density at radius 3 is 2.22 bits per heavy atom. The van der Waals surface area contributed by atoms with E-state index >= 15 is 0 Å². The van der Waals surface area contributed by atoms with Gasteiger partial charge in [0.05, 0.1) is 12.1 Å². The molecule has 0 unspecified atom stereocenters. The summed E-state index contributed by atoms with van der Waals surface area (Å²) in [4.78, 5) is 39.0. The smallest absolute Gasteiger partial charge is 0.255 e. The topological polar surface area (TPSA) is 127 Å². The zero-order valence-electron chi connectivity index (χ0n) is 18.6. The van der Waals surface area contributed by atoms with E-state index in [1.807, 2.05) is 0 Å². The third-order valence-electron chi connectivity index (χ3n) is 5.21. The molecule has 0 aromatic heterocycles. The zero-order chi connectivity index (χ0) is 23.8. The van der Waals surface area contributed by atoms with E-state index in [2.05, 4.69) is 5.32 Å². The van der Waals surface area contributed by atoms with Crippen molar-refractivity contribution in [2.75, 3.05) is 19.6 Å². The molecule has 8 heteroatoms. The van der Waals surface area contributed by atoms with Crippen molar-refractivity contribution in [3.05, 3.63) is 53.1 Å². The Morgan fingerprint density at radius 1 is 0.938 bits per heavy atom. The molecule has 0 saturated heterocycles. The van der Waals surface area contributed by atoms with Crippen molar-refractivity contribution >= 4 is 17.6 Å². The van der Waals surface area contributed by atoms with Gasteiger partial charge < -0.3 is 25.5 Å². The monoisotopic (exact) mass is 442 g/mol. The number of aromatic hydroxyl groups is 3. The van der Waals surface area contributed by atoms with Crippen LogP contribution in [0.3, 0.4) is 0 Å². The average molecular weight is 443 g/mol. The summed E-state index contributed by atoms with van der Waals surface area (Å²) in [5, 5.41) is 31.9. The predicted molar refractivity (Wildman–Crippen MR) is 120 cm³/mol. The number of para-hydroxylation sites is 1. The summed E-state index contributed by atoms with van der Waals surface area (Å²) in [5.41, 5.74) is 0.774. The molecule has 2 rings (SSSR count). The third-order valence-corrected chi connectivity index (χ3v) is 5.21. The number of phenols is 3. The van der Waals surface area contributed by atoms with Gasteiger partial charge in [0.15, 0.2) is 17.3 Å². The molecule has 0 aliphatic carbocycles. The summed E-state index contributed by atoms with van der Waals surface area (Å²) in [6, 6.07) is 8.85. The van der Waals surface area contributed by atoms with Crippen molar-refractivity contribution < 1.29 is 29.7 Å². The summed E-state index contributed by atoms with van der Waals surface area (Å²) in [6.07, 6.45) is 1.06. The second-order valence-corrected chi connectivity index (χ2v) is 7.93. The number of phenolic OH excluding ortho intramolecular Hbond substituents is 3. The molecule has 0 spiro atoms. The Morgan fingerprint density at radius 2 is 1.56 bits per heavy atom. The Hall–Kier alpha value is -3.55. The molecule has 0 aliphatic heterocycles. The van der Waals surface area contributed by atoms with Crippen LogP contribution in [0.1, 0.15) is 53.0 Å². The molecule has 0 bridgehead atoms. The van der Waals surface area contributed by atoms with Gasteiger partial charge in [-0.1, -0.05) is 26.0 Å². The lowest BCUT2D eigenvalue weighted by Gasteiger charge is -2.24. The molecule has 2 aromatic rings. The van der Waals surface area contributed by atoms with Gasteiger partial charge in [-0.2, -0.15) is 0 Å². The molecule has 0 aliphatic rings. The van der Waals surface area contributed by atoms with Crippen molar-refractivity contribution in [2.24, 2.45) is 5.92 Å². The lowest BCUT2D eigenvalue weighted by atomic mass is 10.0. The molecule has 32 heavy (non-hydrogen) atoms. The van der Waals surface area contributed by atoms with Crippen LogP contribution in [0, 0.1) is 12.8 Å². The predicted octanol–water partition coefficient (Wildman–Crippen LogP) is 2.99. The first-order valence-corrected chi connectivity index (χ1v) is 10.5. The van der Waals surface area contributed by atoms with E-state index in [0.29, 0.717) is 37.1 Å². The van der Waals surface area contributed by atoms with Crippen LogP contribution >= 0.6 is 0 Å². The van der Waals surface area contributed by atoms with Crippen LogP contribution in [0.2, 0.25) is 0 Å². The molecule has 0 saturated carbocycles. The molecule has 0 radical (unpaired) electrons. The second-order valence-electron chi connectivity index (χ2n) is 7.93. The summed E-state index contributed by atoms with van der Waals surface area (Å²) >= 11 is 0. The number of carbonyl (C=O) groups is 3. The third kappa shape index (κ3) is 6.23. The number of ketones is 1. The van der Waals surface area contributed by atoms with Crippen LogP contribution in [-0.4, -0.2) is 57.5 Å². The number of benzene rings is 2. The normalized spacial score (nSPS) is 10.8. The molecule has 8 nitrogen and oxygen atoms in total. The summed E-state index contributed by atoms with van der Waals surface area (Å²) in [6.45, 7) is 5.76. The van der Waals surface area contributed by atoms with Crippen molar-refractivity contribution in [3.63, 3.8) is 0 Å². The molecule has 2 aromatic carbocycles. The van der Waals surface area contributed by atoms with Gasteiger partial charge in [-0.3, -0.25) is 14.4 Å². The SMILES string of the molecule is Cc1c(O)cccc1C(=O)N(CCCCNC(=O)c1cccc(O)c1O)CC(=O)C(C)C. The number of carbonyl (C=O) groups excluding carboxylic acids is 3. The lowest BCUT2D eigenvalue weighted by Crippen LogP contribution is -2.38. The average Bonchev–Trinajstić information content (AvgIpc) is 2.75. The van der Waals surface area contributed by atoms with Crippen LogP contribution in [0.5, 0.6) is 17.2 Å². The molecule has 0 atom stereocenters. The molecular weight excluding hydrogens is 412 g/mol. The highest BCUT2D eigenvalue weighted by Gasteiger charge is 2.22. The molecule has 0 fully saturated rings. The van der Waals surface area contributed by atoms with Crippen LogP contribution < -0.4 is 5.32 Å². The van der Waals surface area contributed by atoms with E-state index in [4.69, 9.17) is 0 Å². The highest BCUT2D eigenvalue weighted by molar-refractivity contribution is 5.99. The quantitative estimate of drug-likeness (QED) is 0.331. The van der Waals surface area contributed by atoms with Gasteiger partial charge in [-0.15, -0.1) is 0 Å². The van der Waals surface area contributed by atoms with Gasteiger partial charge >= 0.3 is 0 Å². The zero-order valence-corrected chi connectivity index (χ0v) is 18.6. The van der Waals surface area contributed by atoms with Crippen LogP contribution in [0.25, 0.3) is 0 Å². The minimum Gasteiger partial charge on any atom is -0.508 e. The summed E-state index contributed by atoms with van der Waals surface area (Å²) in [7, 11) is 0. The maximum absolute atomic E-state index is 13.0. The molecule has 172 valence electrons. The maximum atomic E-state index is 13.0. The maximum Gasteiger partial charge on any atom is 0.255 e. The van der Waals surface area contributed by atoms with Gasteiger partial charge in [0.1, 0.15) is 5.75 Å². The second kappa shape index (κ2) is 11.2. The first-order chi connectivity index (χ1) is 15.1. The Kier molecular flexibility index (Phi) is 8.63. The van der Waals surface area contributed by atoms with Crippen molar-refractivity contribution in [2.45, 2.75) is 33.6 Å². The molecular formula is C24H30N2O6. The van der Waals surface area contributed by atoms with Crippen molar-refractivity contribution in [1.29, 1.82) is 0 Å². The van der Waals surface area contributed by atoms with Crippen LogP contribution in [0.15, 0.2) is 36.4 Å². The van der Waals surface area contributed by atoms with Gasteiger partial charge in [-0.25, -0.2) is 0 Å². The summed E-state index contributed by atoms with van der Waals surface area (Å²) in [5.74, 6) is -1.96. The van der Waals surface area contributed by atoms with E-state index in [1.165, 1.54) is 29.2 Å². The largest absolute Gasteiger partial charge is 0.508 e. The first-order valence-electron chi connectivity index (χ1n) is 10.5. The Labute approximate surface area is 187 Å². The molecule has 2 amide bonds. The summed E-state index contributed by atoms with van der Waals surface area (Å²) < 4.78 is 0. The van der Waals surface area contributed by atoms with Gasteiger partial charge in [0.25, 0.3) is 11.8 Å². The van der Waals surface area contributed by atoms with Crippen LogP contribution in [0.4, 0.5) is 0 Å². The molecule has 4 N–H and O–H groups in total. The fraction of sp³-hybridized carbons (Fsp3) is 0.375. The van der Waals surface area contributed by atoms with Gasteiger partial charge in [0, 0.05) is 30.1 Å². The number of rotatable bonds is 10. The van der Waals surface area contributed by atoms with E-state index in [9.17, 15) is 29.7 Å². The minimum absolute atomic E-state index is 0.0175. The number of unbranched alkanes of at least 4 members (excludes halogenated alkanes) is 1. The molecule has 0 heterocycles. The Balaban J connectivity index is 1.97. The number of hydrogen-bond acceptors (Lipinski definition) is 6. The Bertz CT molecular complexity index is 986. The van der Waals surface area contributed by atoms with E-state index in [0.717, 1.165) is 0 Å². The lowest BCUT2D eigenvalue weighted by molar-refractivity contribution is -0.122. The number of nitrogens with zero attached hydrogens (tertiary/aromatic N) is 1. The number of amides is 2. The van der Waals surface area contributed by atoms with Crippen molar-refractivity contribution in [3.8, 4) is 17.2 Å². The van der Waals surface area contributed by atoms with Crippen molar-refractivity contribution in [1.82, 2.24) is 10.2 Å². The van der Waals surface area contributed by atoms with E-state index in [-0.39, 0.29) is 41.2 Å². The minimum atomic E-state index is -0.517. The van der Waals surface area contributed by atoms with E-state index in [1.54, 1.807) is 32.9 Å². The fourth-order valence-corrected chi connectivity index (χ4v) is 3.09. The standard InChI is InChI=1S/C24H30N2O6/c1-15(2)21(29)14-26(24(32)17-8-6-10-19(27)16(17)3)13-5-4-12-25-23(31)18-9-7-11-20(28)22(18)30/h6-11,15,27-28,30H,4-5,12-14H2,1-3H3,(H,25,31). The highest BCUT2D eigenvalue weighted by atomic mass is 16.3. The number of hydrogen-bond donors (Lipinski definition) is 4. The van der Waals surface area contributed by atoms with E-state index < -0.39 is 11.7 Å². The number of Topliss-reactive ketones (excluding diaryl/α,β-unsaturated/α-hetero) is 1. The van der Waals surface area contributed by atoms with Gasteiger partial charge in [0.2, 0.25) is 0 Å². The van der Waals surface area contributed by atoms with Crippen LogP contribution in [-0.2, 0) is 4.79 Å². The van der Waals surface area contributed by atoms with Gasteiger partial charge in [-0.05, 0) is 44.0 Å². The number of nitrogens with one attached hydrogen (secondary N) is 1. The first kappa shape index (κ1) is 24.7.